The smallest absolute Gasteiger partial charge is 0.231 e. The Kier molecular flexibility index (Phi) is 5.25. The lowest BCUT2D eigenvalue weighted by Gasteiger charge is -2.30. The van der Waals surface area contributed by atoms with Crippen molar-refractivity contribution in [3.63, 3.8) is 0 Å². The van der Waals surface area contributed by atoms with Gasteiger partial charge in [0, 0.05) is 24.8 Å². The SMILES string of the molecule is Cc1cc(N2CCc3ccccc3C2)nc(NC(=S)NCc2ccc(C)o2)n1. The van der Waals surface area contributed by atoms with E-state index in [0.29, 0.717) is 17.6 Å². The fourth-order valence-electron chi connectivity index (χ4n) is 3.35. The van der Waals surface area contributed by atoms with Crippen LogP contribution in [0.25, 0.3) is 0 Å². The molecule has 1 aliphatic heterocycles. The highest BCUT2D eigenvalue weighted by atomic mass is 32.1. The summed E-state index contributed by atoms with van der Waals surface area (Å²) >= 11 is 5.38. The van der Waals surface area contributed by atoms with E-state index in [4.69, 9.17) is 16.6 Å². The number of hydrogen-bond donors (Lipinski definition) is 2. The summed E-state index contributed by atoms with van der Waals surface area (Å²) in [7, 11) is 0. The van der Waals surface area contributed by atoms with Crippen LogP contribution >= 0.6 is 12.2 Å². The van der Waals surface area contributed by atoms with Gasteiger partial charge in [0.1, 0.15) is 17.3 Å². The molecule has 3 heterocycles. The van der Waals surface area contributed by atoms with Crippen molar-refractivity contribution in [3.8, 4) is 0 Å². The molecule has 0 atom stereocenters. The highest BCUT2D eigenvalue weighted by molar-refractivity contribution is 7.80. The zero-order valence-electron chi connectivity index (χ0n) is 16.0. The van der Waals surface area contributed by atoms with E-state index in [1.807, 2.05) is 32.0 Å². The topological polar surface area (TPSA) is 66.2 Å². The summed E-state index contributed by atoms with van der Waals surface area (Å²) in [6.07, 6.45) is 1.02. The van der Waals surface area contributed by atoms with Gasteiger partial charge in [0.25, 0.3) is 0 Å². The number of thiocarbonyl (C=S) groups is 1. The van der Waals surface area contributed by atoms with Crippen molar-refractivity contribution >= 4 is 29.1 Å². The first kappa shape index (κ1) is 18.4. The van der Waals surface area contributed by atoms with Gasteiger partial charge in [0.05, 0.1) is 6.54 Å². The molecular formula is C21H23N5OS. The minimum Gasteiger partial charge on any atom is -0.465 e. The number of aromatic nitrogens is 2. The van der Waals surface area contributed by atoms with Gasteiger partial charge in [-0.15, -0.1) is 0 Å². The second-order valence-corrected chi connectivity index (χ2v) is 7.36. The number of aryl methyl sites for hydroxylation is 2. The Labute approximate surface area is 170 Å². The summed E-state index contributed by atoms with van der Waals surface area (Å²) in [4.78, 5) is 11.4. The summed E-state index contributed by atoms with van der Waals surface area (Å²) in [5.41, 5.74) is 3.67. The van der Waals surface area contributed by atoms with Crippen LogP contribution in [0.1, 0.15) is 28.3 Å². The fourth-order valence-corrected chi connectivity index (χ4v) is 3.52. The van der Waals surface area contributed by atoms with Crippen molar-refractivity contribution in [1.82, 2.24) is 15.3 Å². The number of nitrogens with zero attached hydrogens (tertiary/aromatic N) is 3. The van der Waals surface area contributed by atoms with Crippen molar-refractivity contribution < 1.29 is 4.42 Å². The van der Waals surface area contributed by atoms with Gasteiger partial charge >= 0.3 is 0 Å². The fraction of sp³-hybridized carbons (Fsp3) is 0.286. The highest BCUT2D eigenvalue weighted by Crippen LogP contribution is 2.24. The molecule has 1 aromatic carbocycles. The third kappa shape index (κ3) is 4.31. The lowest BCUT2D eigenvalue weighted by molar-refractivity contribution is 0.478. The monoisotopic (exact) mass is 393 g/mol. The molecule has 6 nitrogen and oxygen atoms in total. The summed E-state index contributed by atoms with van der Waals surface area (Å²) < 4.78 is 5.54. The molecule has 0 aliphatic carbocycles. The molecule has 2 N–H and O–H groups in total. The summed E-state index contributed by atoms with van der Waals surface area (Å²) in [6.45, 7) is 6.19. The molecule has 7 heteroatoms. The van der Waals surface area contributed by atoms with Gasteiger partial charge < -0.3 is 20.0 Å². The van der Waals surface area contributed by atoms with Gasteiger partial charge in [-0.05, 0) is 55.7 Å². The zero-order chi connectivity index (χ0) is 19.5. The molecule has 0 saturated carbocycles. The minimum absolute atomic E-state index is 0.467. The zero-order valence-corrected chi connectivity index (χ0v) is 16.8. The van der Waals surface area contributed by atoms with E-state index in [-0.39, 0.29) is 0 Å². The first-order valence-electron chi connectivity index (χ1n) is 9.34. The normalized spacial score (nSPS) is 13.1. The highest BCUT2D eigenvalue weighted by Gasteiger charge is 2.18. The average Bonchev–Trinajstić information content (AvgIpc) is 3.11. The maximum absolute atomic E-state index is 5.54. The van der Waals surface area contributed by atoms with Gasteiger partial charge in [-0.2, -0.15) is 4.98 Å². The Morgan fingerprint density at radius 2 is 1.96 bits per heavy atom. The molecular weight excluding hydrogens is 370 g/mol. The Bertz CT molecular complexity index is 1000. The van der Waals surface area contributed by atoms with E-state index in [1.54, 1.807) is 0 Å². The molecule has 0 fully saturated rings. The Balaban J connectivity index is 1.43. The van der Waals surface area contributed by atoms with E-state index in [2.05, 4.69) is 49.8 Å². The third-order valence-electron chi connectivity index (χ3n) is 4.74. The van der Waals surface area contributed by atoms with Gasteiger partial charge in [0.2, 0.25) is 5.95 Å². The van der Waals surface area contributed by atoms with E-state index >= 15 is 0 Å². The molecule has 2 aromatic heterocycles. The van der Waals surface area contributed by atoms with Crippen LogP contribution in [0, 0.1) is 13.8 Å². The van der Waals surface area contributed by atoms with Crippen molar-refractivity contribution in [2.24, 2.45) is 0 Å². The maximum Gasteiger partial charge on any atom is 0.231 e. The molecule has 4 rings (SSSR count). The molecule has 1 aliphatic rings. The summed E-state index contributed by atoms with van der Waals surface area (Å²) in [6, 6.07) is 14.5. The molecule has 0 unspecified atom stereocenters. The van der Waals surface area contributed by atoms with Gasteiger partial charge in [-0.3, -0.25) is 0 Å². The van der Waals surface area contributed by atoms with E-state index in [1.165, 1.54) is 11.1 Å². The van der Waals surface area contributed by atoms with E-state index in [0.717, 1.165) is 42.5 Å². The molecule has 0 bridgehead atoms. The van der Waals surface area contributed by atoms with Gasteiger partial charge in [0.15, 0.2) is 5.11 Å². The maximum atomic E-state index is 5.54. The third-order valence-corrected chi connectivity index (χ3v) is 4.99. The second kappa shape index (κ2) is 7.98. The Morgan fingerprint density at radius 1 is 1.14 bits per heavy atom. The standard InChI is InChI=1S/C21H23N5OS/c1-14-11-19(26-10-9-16-5-3-4-6-17(16)13-26)24-20(23-14)25-21(28)22-12-18-8-7-15(2)27-18/h3-8,11H,9-10,12-13H2,1-2H3,(H2,22,23,24,25,28). The van der Waals surface area contributed by atoms with Crippen molar-refractivity contribution in [1.29, 1.82) is 0 Å². The van der Waals surface area contributed by atoms with Crippen LogP contribution in [-0.2, 0) is 19.5 Å². The molecule has 3 aromatic rings. The number of furan rings is 1. The van der Waals surface area contributed by atoms with Crippen LogP contribution in [0.15, 0.2) is 46.9 Å². The number of hydrogen-bond acceptors (Lipinski definition) is 5. The number of anilines is 2. The van der Waals surface area contributed by atoms with Crippen molar-refractivity contribution in [2.45, 2.75) is 33.4 Å². The van der Waals surface area contributed by atoms with Crippen LogP contribution < -0.4 is 15.5 Å². The lowest BCUT2D eigenvalue weighted by Crippen LogP contribution is -2.32. The number of nitrogens with one attached hydrogen (secondary N) is 2. The summed E-state index contributed by atoms with van der Waals surface area (Å²) in [5, 5.41) is 6.68. The first-order chi connectivity index (χ1) is 13.6. The molecule has 28 heavy (non-hydrogen) atoms. The number of benzene rings is 1. The number of fused-ring (bicyclic) bond motifs is 1. The van der Waals surface area contributed by atoms with Crippen LogP contribution in [0.4, 0.5) is 11.8 Å². The van der Waals surface area contributed by atoms with E-state index in [9.17, 15) is 0 Å². The average molecular weight is 394 g/mol. The van der Waals surface area contributed by atoms with Crippen LogP contribution in [0.2, 0.25) is 0 Å². The van der Waals surface area contributed by atoms with Crippen LogP contribution in [0.3, 0.4) is 0 Å². The van der Waals surface area contributed by atoms with Gasteiger partial charge in [-0.25, -0.2) is 4.98 Å². The lowest BCUT2D eigenvalue weighted by atomic mass is 10.00. The van der Waals surface area contributed by atoms with Crippen LogP contribution in [0.5, 0.6) is 0 Å². The quantitative estimate of drug-likeness (QED) is 0.655. The molecule has 144 valence electrons. The number of rotatable bonds is 4. The second-order valence-electron chi connectivity index (χ2n) is 6.95. The summed E-state index contributed by atoms with van der Waals surface area (Å²) in [5.74, 6) is 3.13. The van der Waals surface area contributed by atoms with E-state index < -0.39 is 0 Å². The Morgan fingerprint density at radius 3 is 2.75 bits per heavy atom. The molecule has 0 saturated heterocycles. The predicted octanol–water partition coefficient (Wildman–Crippen LogP) is 3.74. The van der Waals surface area contributed by atoms with Crippen molar-refractivity contribution in [2.75, 3.05) is 16.8 Å². The largest absolute Gasteiger partial charge is 0.465 e. The minimum atomic E-state index is 0.467. The molecule has 0 amide bonds. The van der Waals surface area contributed by atoms with Gasteiger partial charge in [-0.1, -0.05) is 24.3 Å². The van der Waals surface area contributed by atoms with Crippen molar-refractivity contribution in [3.05, 3.63) is 70.8 Å². The predicted molar refractivity (Wildman–Crippen MR) is 114 cm³/mol. The Hall–Kier alpha value is -2.93. The van der Waals surface area contributed by atoms with Crippen LogP contribution in [-0.4, -0.2) is 21.6 Å². The first-order valence-corrected chi connectivity index (χ1v) is 9.75. The molecule has 0 spiro atoms. The molecule has 0 radical (unpaired) electrons.